The Bertz CT molecular complexity index is 456. The highest BCUT2D eigenvalue weighted by Crippen LogP contribution is 2.19. The molecule has 5 heteroatoms. The predicted octanol–water partition coefficient (Wildman–Crippen LogP) is 2.77. The molecule has 1 aromatic rings. The molecule has 1 N–H and O–H groups in total. The van der Waals surface area contributed by atoms with Gasteiger partial charge in [-0.1, -0.05) is 19.1 Å². The summed E-state index contributed by atoms with van der Waals surface area (Å²) < 4.78 is 24.1. The number of hydrogen-bond acceptors (Lipinski definition) is 3. The van der Waals surface area contributed by atoms with Crippen LogP contribution in [0.15, 0.2) is 24.3 Å². The van der Waals surface area contributed by atoms with Gasteiger partial charge >= 0.3 is 0 Å². The molecular formula is C13H20INO2S. The minimum Gasteiger partial charge on any atom is -0.313 e. The molecule has 18 heavy (non-hydrogen) atoms. The van der Waals surface area contributed by atoms with Crippen LogP contribution in [-0.2, 0) is 9.84 Å². The second kappa shape index (κ2) is 7.45. The van der Waals surface area contributed by atoms with Gasteiger partial charge in [-0.05, 0) is 60.2 Å². The van der Waals surface area contributed by atoms with Gasteiger partial charge in [0.25, 0.3) is 0 Å². The fraction of sp³-hybridized carbons (Fsp3) is 0.538. The van der Waals surface area contributed by atoms with Gasteiger partial charge in [0.05, 0.1) is 5.75 Å². The Morgan fingerprint density at radius 3 is 2.39 bits per heavy atom. The lowest BCUT2D eigenvalue weighted by Crippen LogP contribution is -2.18. The lowest BCUT2D eigenvalue weighted by Gasteiger charge is -2.16. The van der Waals surface area contributed by atoms with Crippen molar-refractivity contribution in [2.24, 2.45) is 0 Å². The van der Waals surface area contributed by atoms with Gasteiger partial charge in [0.15, 0.2) is 0 Å². The van der Waals surface area contributed by atoms with Crippen molar-refractivity contribution < 1.29 is 8.42 Å². The normalized spacial score (nSPS) is 13.5. The van der Waals surface area contributed by atoms with Crippen molar-refractivity contribution in [2.45, 2.75) is 25.8 Å². The minimum absolute atomic E-state index is 0.231. The maximum Gasteiger partial charge on any atom is 0.150 e. The summed E-state index contributed by atoms with van der Waals surface area (Å²) in [5.74, 6) is 0.521. The van der Waals surface area contributed by atoms with E-state index in [0.717, 1.165) is 6.42 Å². The second-order valence-electron chi connectivity index (χ2n) is 4.27. The van der Waals surface area contributed by atoms with Crippen molar-refractivity contribution in [1.29, 1.82) is 0 Å². The van der Waals surface area contributed by atoms with E-state index in [1.165, 1.54) is 9.13 Å². The summed E-state index contributed by atoms with van der Waals surface area (Å²) in [6.07, 6.45) is 1.55. The van der Waals surface area contributed by atoms with Crippen LogP contribution in [0.1, 0.15) is 31.4 Å². The first-order valence-electron chi connectivity index (χ1n) is 6.11. The van der Waals surface area contributed by atoms with E-state index in [9.17, 15) is 8.42 Å². The van der Waals surface area contributed by atoms with Crippen LogP contribution in [0.5, 0.6) is 0 Å². The number of hydrogen-bond donors (Lipinski definition) is 1. The molecule has 0 radical (unpaired) electrons. The molecule has 0 saturated heterocycles. The number of benzene rings is 1. The molecule has 1 atom stereocenters. The average Bonchev–Trinajstić information content (AvgIpc) is 2.36. The van der Waals surface area contributed by atoms with Crippen molar-refractivity contribution >= 4 is 32.4 Å². The summed E-state index contributed by atoms with van der Waals surface area (Å²) >= 11 is 2.28. The zero-order valence-corrected chi connectivity index (χ0v) is 13.8. The predicted molar refractivity (Wildman–Crippen MR) is 84.5 cm³/mol. The molecule has 0 aliphatic rings. The zero-order chi connectivity index (χ0) is 13.6. The lowest BCUT2D eigenvalue weighted by atomic mass is 10.0. The molecule has 0 heterocycles. The molecule has 0 fully saturated rings. The summed E-state index contributed by atoms with van der Waals surface area (Å²) in [5.41, 5.74) is 1.21. The van der Waals surface area contributed by atoms with Gasteiger partial charge in [0.2, 0.25) is 0 Å². The summed E-state index contributed by atoms with van der Waals surface area (Å²) in [6, 6.07) is 8.56. The van der Waals surface area contributed by atoms with E-state index < -0.39 is 9.84 Å². The Hall–Kier alpha value is -0.140. The molecule has 0 amide bonds. The fourth-order valence-electron chi connectivity index (χ4n) is 1.82. The van der Waals surface area contributed by atoms with E-state index in [4.69, 9.17) is 0 Å². The Kier molecular flexibility index (Phi) is 6.59. The molecule has 0 saturated carbocycles. The van der Waals surface area contributed by atoms with E-state index in [1.807, 2.05) is 7.05 Å². The van der Waals surface area contributed by atoms with Gasteiger partial charge in [-0.3, -0.25) is 0 Å². The Balaban J connectivity index is 2.55. The number of halogens is 1. The topological polar surface area (TPSA) is 46.2 Å². The van der Waals surface area contributed by atoms with Crippen molar-refractivity contribution in [3.63, 3.8) is 0 Å². The molecule has 0 aliphatic heterocycles. The first-order chi connectivity index (χ1) is 8.48. The molecule has 1 unspecified atom stereocenters. The van der Waals surface area contributed by atoms with Crippen LogP contribution in [0.3, 0.4) is 0 Å². The summed E-state index contributed by atoms with van der Waals surface area (Å²) in [4.78, 5) is 0. The number of rotatable bonds is 7. The Morgan fingerprint density at radius 2 is 1.89 bits per heavy atom. The van der Waals surface area contributed by atoms with E-state index in [2.05, 4.69) is 52.2 Å². The Morgan fingerprint density at radius 1 is 1.28 bits per heavy atom. The van der Waals surface area contributed by atoms with Gasteiger partial charge in [-0.15, -0.1) is 0 Å². The first-order valence-corrected chi connectivity index (χ1v) is 9.01. The van der Waals surface area contributed by atoms with Gasteiger partial charge in [-0.25, -0.2) is 8.42 Å². The van der Waals surface area contributed by atoms with Crippen molar-refractivity contribution in [2.75, 3.05) is 18.6 Å². The molecule has 3 nitrogen and oxygen atoms in total. The average molecular weight is 381 g/mol. The summed E-state index contributed by atoms with van der Waals surface area (Å²) in [5, 5.41) is 3.24. The van der Waals surface area contributed by atoms with Crippen molar-refractivity contribution in [1.82, 2.24) is 5.32 Å². The van der Waals surface area contributed by atoms with Crippen molar-refractivity contribution in [3.05, 3.63) is 33.4 Å². The molecule has 0 bridgehead atoms. The molecule has 0 aromatic heterocycles. The first kappa shape index (κ1) is 15.9. The van der Waals surface area contributed by atoms with Crippen LogP contribution in [0.25, 0.3) is 0 Å². The third-order valence-electron chi connectivity index (χ3n) is 3.01. The van der Waals surface area contributed by atoms with E-state index in [-0.39, 0.29) is 17.5 Å². The maximum absolute atomic E-state index is 11.4. The molecule has 1 aromatic carbocycles. The van der Waals surface area contributed by atoms with Gasteiger partial charge in [0, 0.05) is 15.4 Å². The molecule has 1 rings (SSSR count). The van der Waals surface area contributed by atoms with E-state index in [0.29, 0.717) is 6.42 Å². The molecule has 102 valence electrons. The van der Waals surface area contributed by atoms with E-state index in [1.54, 1.807) is 6.92 Å². The summed E-state index contributed by atoms with van der Waals surface area (Å²) in [6.45, 7) is 1.70. The van der Waals surface area contributed by atoms with E-state index >= 15 is 0 Å². The fourth-order valence-corrected chi connectivity index (χ4v) is 3.08. The van der Waals surface area contributed by atoms with Crippen molar-refractivity contribution in [3.8, 4) is 0 Å². The smallest absolute Gasteiger partial charge is 0.150 e. The van der Waals surface area contributed by atoms with Crippen LogP contribution < -0.4 is 5.32 Å². The van der Waals surface area contributed by atoms with Gasteiger partial charge < -0.3 is 5.32 Å². The summed E-state index contributed by atoms with van der Waals surface area (Å²) in [7, 11) is -0.928. The van der Waals surface area contributed by atoms with Crippen LogP contribution in [-0.4, -0.2) is 27.0 Å². The second-order valence-corrected chi connectivity index (χ2v) is 7.99. The Labute approximate surface area is 123 Å². The number of sulfone groups is 1. The highest BCUT2D eigenvalue weighted by Gasteiger charge is 2.12. The number of nitrogens with one attached hydrogen (secondary N) is 1. The molecule has 0 spiro atoms. The minimum atomic E-state index is -2.84. The van der Waals surface area contributed by atoms with Gasteiger partial charge in [0.1, 0.15) is 9.84 Å². The molecular weight excluding hydrogens is 361 g/mol. The van der Waals surface area contributed by atoms with Crippen LogP contribution >= 0.6 is 22.6 Å². The quantitative estimate of drug-likeness (QED) is 0.739. The monoisotopic (exact) mass is 381 g/mol. The maximum atomic E-state index is 11.4. The van der Waals surface area contributed by atoms with Crippen LogP contribution in [0.2, 0.25) is 0 Å². The van der Waals surface area contributed by atoms with Crippen LogP contribution in [0, 0.1) is 3.57 Å². The zero-order valence-electron chi connectivity index (χ0n) is 10.8. The molecule has 0 aliphatic carbocycles. The standard InChI is InChI=1S/C13H20INO2S/c1-3-18(16,17)10-4-5-13(15-2)11-6-8-12(14)9-7-11/h6-9,13,15H,3-5,10H2,1-2H3. The lowest BCUT2D eigenvalue weighted by molar-refractivity contribution is 0.535. The SMILES string of the molecule is CCS(=O)(=O)CCCC(NC)c1ccc(I)cc1. The van der Waals surface area contributed by atoms with Gasteiger partial charge in [-0.2, -0.15) is 0 Å². The largest absolute Gasteiger partial charge is 0.313 e. The third kappa shape index (κ3) is 5.24. The highest BCUT2D eigenvalue weighted by molar-refractivity contribution is 14.1. The third-order valence-corrected chi connectivity index (χ3v) is 5.52. The highest BCUT2D eigenvalue weighted by atomic mass is 127. The van der Waals surface area contributed by atoms with Crippen LogP contribution in [0.4, 0.5) is 0 Å².